The fourth-order valence-corrected chi connectivity index (χ4v) is 1.57. The molecule has 0 radical (unpaired) electrons. The molecule has 4 heteroatoms. The number of amides is 1. The van der Waals surface area contributed by atoms with Gasteiger partial charge in [0.2, 0.25) is 5.91 Å². The number of anilines is 1. The number of rotatable bonds is 5. The Morgan fingerprint density at radius 3 is 2.61 bits per heavy atom. The highest BCUT2D eigenvalue weighted by atomic mass is 35.5. The van der Waals surface area contributed by atoms with Crippen LogP contribution in [0, 0.1) is 13.8 Å². The quantitative estimate of drug-likeness (QED) is 0.863. The third-order valence-electron chi connectivity index (χ3n) is 2.74. The van der Waals surface area contributed by atoms with Crippen LogP contribution in [0.3, 0.4) is 0 Å². The smallest absolute Gasteiger partial charge is 0.241 e. The van der Waals surface area contributed by atoms with E-state index in [-0.39, 0.29) is 24.4 Å². The van der Waals surface area contributed by atoms with Crippen molar-refractivity contribution in [3.8, 4) is 0 Å². The predicted octanol–water partition coefficient (Wildman–Crippen LogP) is 3.05. The highest BCUT2D eigenvalue weighted by Crippen LogP contribution is 2.16. The SMILES string of the molecule is CCCNC(C)C(=O)Nc1cc(C)ccc1C.Cl. The average molecular weight is 271 g/mol. The Bertz CT molecular complexity index is 393. The van der Waals surface area contributed by atoms with E-state index in [1.54, 1.807) is 0 Å². The van der Waals surface area contributed by atoms with Crippen LogP contribution in [-0.2, 0) is 4.79 Å². The summed E-state index contributed by atoms with van der Waals surface area (Å²) in [7, 11) is 0. The van der Waals surface area contributed by atoms with Gasteiger partial charge in [-0.15, -0.1) is 12.4 Å². The fourth-order valence-electron chi connectivity index (χ4n) is 1.57. The number of hydrogen-bond acceptors (Lipinski definition) is 2. The molecular weight excluding hydrogens is 248 g/mol. The molecule has 2 N–H and O–H groups in total. The molecule has 0 aromatic heterocycles. The first-order valence-electron chi connectivity index (χ1n) is 6.16. The lowest BCUT2D eigenvalue weighted by Gasteiger charge is -2.15. The second-order valence-corrected chi connectivity index (χ2v) is 4.48. The molecule has 1 aromatic rings. The topological polar surface area (TPSA) is 41.1 Å². The van der Waals surface area contributed by atoms with Crippen molar-refractivity contribution in [2.24, 2.45) is 0 Å². The van der Waals surface area contributed by atoms with Gasteiger partial charge in [-0.25, -0.2) is 0 Å². The number of aryl methyl sites for hydroxylation is 2. The summed E-state index contributed by atoms with van der Waals surface area (Å²) in [5, 5.41) is 6.13. The van der Waals surface area contributed by atoms with Crippen LogP contribution in [0.1, 0.15) is 31.4 Å². The van der Waals surface area contributed by atoms with Crippen molar-refractivity contribution in [3.05, 3.63) is 29.3 Å². The summed E-state index contributed by atoms with van der Waals surface area (Å²) in [6.45, 7) is 8.85. The first kappa shape index (κ1) is 16.9. The predicted molar refractivity (Wildman–Crippen MR) is 79.5 cm³/mol. The Morgan fingerprint density at radius 1 is 1.33 bits per heavy atom. The summed E-state index contributed by atoms with van der Waals surface area (Å²) in [6, 6.07) is 5.91. The van der Waals surface area contributed by atoms with Gasteiger partial charge in [-0.3, -0.25) is 4.79 Å². The van der Waals surface area contributed by atoms with Crippen LogP contribution in [-0.4, -0.2) is 18.5 Å². The van der Waals surface area contributed by atoms with Gasteiger partial charge in [0.15, 0.2) is 0 Å². The van der Waals surface area contributed by atoms with E-state index in [2.05, 4.69) is 17.6 Å². The molecule has 0 heterocycles. The molecule has 0 saturated heterocycles. The van der Waals surface area contributed by atoms with Crippen LogP contribution in [0.4, 0.5) is 5.69 Å². The number of benzene rings is 1. The Morgan fingerprint density at radius 2 is 2.00 bits per heavy atom. The maximum absolute atomic E-state index is 11.9. The largest absolute Gasteiger partial charge is 0.324 e. The molecule has 102 valence electrons. The van der Waals surface area contributed by atoms with Crippen molar-refractivity contribution in [1.29, 1.82) is 0 Å². The molecule has 0 aliphatic rings. The maximum atomic E-state index is 11.9. The fraction of sp³-hybridized carbons (Fsp3) is 0.500. The van der Waals surface area contributed by atoms with Gasteiger partial charge in [0, 0.05) is 5.69 Å². The summed E-state index contributed by atoms with van der Waals surface area (Å²) in [6.07, 6.45) is 1.03. The first-order valence-corrected chi connectivity index (χ1v) is 6.16. The monoisotopic (exact) mass is 270 g/mol. The number of carbonyl (C=O) groups is 1. The lowest BCUT2D eigenvalue weighted by Crippen LogP contribution is -2.38. The van der Waals surface area contributed by atoms with Gasteiger partial charge < -0.3 is 10.6 Å². The minimum atomic E-state index is -0.158. The van der Waals surface area contributed by atoms with E-state index in [9.17, 15) is 4.79 Å². The van der Waals surface area contributed by atoms with Gasteiger partial charge in [-0.2, -0.15) is 0 Å². The molecule has 3 nitrogen and oxygen atoms in total. The average Bonchev–Trinajstić information content (AvgIpc) is 2.30. The van der Waals surface area contributed by atoms with E-state index < -0.39 is 0 Å². The van der Waals surface area contributed by atoms with Crippen molar-refractivity contribution < 1.29 is 4.79 Å². The Kier molecular flexibility index (Phi) is 7.64. The molecule has 1 aromatic carbocycles. The summed E-state index contributed by atoms with van der Waals surface area (Å²) in [4.78, 5) is 11.9. The third-order valence-corrected chi connectivity index (χ3v) is 2.74. The van der Waals surface area contributed by atoms with Crippen LogP contribution < -0.4 is 10.6 Å². The van der Waals surface area contributed by atoms with Crippen molar-refractivity contribution in [2.45, 2.75) is 40.2 Å². The standard InChI is InChI=1S/C14H22N2O.ClH/c1-5-8-15-12(4)14(17)16-13-9-10(2)6-7-11(13)3;/h6-7,9,12,15H,5,8H2,1-4H3,(H,16,17);1H. The van der Waals surface area contributed by atoms with E-state index in [1.165, 1.54) is 0 Å². The summed E-state index contributed by atoms with van der Waals surface area (Å²) in [5.41, 5.74) is 3.15. The molecule has 0 fully saturated rings. The Hall–Kier alpha value is -1.06. The van der Waals surface area contributed by atoms with Crippen molar-refractivity contribution in [3.63, 3.8) is 0 Å². The highest BCUT2D eigenvalue weighted by molar-refractivity contribution is 5.95. The minimum absolute atomic E-state index is 0. The number of halogens is 1. The Balaban J connectivity index is 0.00000289. The number of hydrogen-bond donors (Lipinski definition) is 2. The molecule has 1 unspecified atom stereocenters. The van der Waals surface area contributed by atoms with E-state index in [1.807, 2.05) is 39.0 Å². The maximum Gasteiger partial charge on any atom is 0.241 e. The number of carbonyl (C=O) groups excluding carboxylic acids is 1. The van der Waals surface area contributed by atoms with E-state index >= 15 is 0 Å². The molecular formula is C14H23ClN2O. The van der Waals surface area contributed by atoms with Gasteiger partial charge in [-0.05, 0) is 50.9 Å². The van der Waals surface area contributed by atoms with Crippen LogP contribution in [0.25, 0.3) is 0 Å². The van der Waals surface area contributed by atoms with Crippen LogP contribution in [0.5, 0.6) is 0 Å². The zero-order valence-corrected chi connectivity index (χ0v) is 12.4. The molecule has 0 aliphatic heterocycles. The molecule has 1 amide bonds. The second kappa shape index (κ2) is 8.11. The van der Waals surface area contributed by atoms with E-state index in [0.717, 1.165) is 29.8 Å². The van der Waals surface area contributed by atoms with E-state index in [0.29, 0.717) is 0 Å². The molecule has 18 heavy (non-hydrogen) atoms. The van der Waals surface area contributed by atoms with Gasteiger partial charge >= 0.3 is 0 Å². The first-order chi connectivity index (χ1) is 8.04. The van der Waals surface area contributed by atoms with Crippen LogP contribution in [0.2, 0.25) is 0 Å². The van der Waals surface area contributed by atoms with Gasteiger partial charge in [-0.1, -0.05) is 19.1 Å². The van der Waals surface area contributed by atoms with Crippen LogP contribution in [0.15, 0.2) is 18.2 Å². The zero-order valence-electron chi connectivity index (χ0n) is 11.5. The normalized spacial score (nSPS) is 11.6. The second-order valence-electron chi connectivity index (χ2n) is 4.48. The van der Waals surface area contributed by atoms with Crippen molar-refractivity contribution >= 4 is 24.0 Å². The molecule has 1 atom stereocenters. The summed E-state index contributed by atoms with van der Waals surface area (Å²) in [5.74, 6) is 0.0205. The summed E-state index contributed by atoms with van der Waals surface area (Å²) < 4.78 is 0. The molecule has 0 aliphatic carbocycles. The molecule has 0 saturated carbocycles. The molecule has 1 rings (SSSR count). The van der Waals surface area contributed by atoms with Gasteiger partial charge in [0.25, 0.3) is 0 Å². The van der Waals surface area contributed by atoms with Crippen molar-refractivity contribution in [2.75, 3.05) is 11.9 Å². The lowest BCUT2D eigenvalue weighted by atomic mass is 10.1. The van der Waals surface area contributed by atoms with Crippen LogP contribution >= 0.6 is 12.4 Å². The minimum Gasteiger partial charge on any atom is -0.324 e. The molecule has 0 spiro atoms. The van der Waals surface area contributed by atoms with Crippen molar-refractivity contribution in [1.82, 2.24) is 5.32 Å². The van der Waals surface area contributed by atoms with E-state index in [4.69, 9.17) is 0 Å². The lowest BCUT2D eigenvalue weighted by molar-refractivity contribution is -0.117. The van der Waals surface area contributed by atoms with Gasteiger partial charge in [0.1, 0.15) is 0 Å². The highest BCUT2D eigenvalue weighted by Gasteiger charge is 2.12. The number of nitrogens with one attached hydrogen (secondary N) is 2. The van der Waals surface area contributed by atoms with Gasteiger partial charge in [0.05, 0.1) is 6.04 Å². The Labute approximate surface area is 116 Å². The zero-order chi connectivity index (χ0) is 12.8. The third kappa shape index (κ3) is 5.07. The summed E-state index contributed by atoms with van der Waals surface area (Å²) >= 11 is 0. The molecule has 0 bridgehead atoms.